The molecule has 0 unspecified atom stereocenters. The molecule has 1 aliphatic rings. The minimum Gasteiger partial charge on any atom is -0.454 e. The minimum atomic E-state index is -3.07. The number of nitrogens with zero attached hydrogens (tertiary/aromatic N) is 8. The second-order valence-corrected chi connectivity index (χ2v) is 10.6. The number of rotatable bonds is 10. The number of benzene rings is 1. The van der Waals surface area contributed by atoms with Gasteiger partial charge in [0.15, 0.2) is 11.4 Å². The van der Waals surface area contributed by atoms with Crippen LogP contribution in [0, 0.1) is 5.41 Å². The monoisotopic (exact) mass is 577 g/mol. The molecular weight excluding hydrogens is 548 g/mol. The Bertz CT molecular complexity index is 1740. The Kier molecular flexibility index (Phi) is 7.06. The minimum absolute atomic E-state index is 0.127. The highest BCUT2D eigenvalue weighted by molar-refractivity contribution is 6.09. The number of carbonyl (C=O) groups is 1. The quantitative estimate of drug-likeness (QED) is 0.261. The lowest BCUT2D eigenvalue weighted by atomic mass is 9.82. The van der Waals surface area contributed by atoms with E-state index >= 15 is 0 Å². The fourth-order valence-electron chi connectivity index (χ4n) is 5.28. The van der Waals surface area contributed by atoms with Gasteiger partial charge in [-0.25, -0.2) is 9.50 Å². The molecule has 0 aliphatic carbocycles. The van der Waals surface area contributed by atoms with Crippen LogP contribution in [0.4, 0.5) is 14.5 Å². The van der Waals surface area contributed by atoms with E-state index in [4.69, 9.17) is 9.47 Å². The molecule has 5 aromatic rings. The number of ether oxygens (including phenoxy) is 2. The zero-order valence-electron chi connectivity index (χ0n) is 23.2. The molecule has 218 valence electrons. The Hall–Kier alpha value is -4.85. The van der Waals surface area contributed by atoms with E-state index in [0.717, 1.165) is 26.2 Å². The number of anilines is 1. The van der Waals surface area contributed by atoms with E-state index in [1.165, 1.54) is 33.6 Å². The van der Waals surface area contributed by atoms with Crippen molar-refractivity contribution >= 4 is 17.2 Å². The third-order valence-electron chi connectivity index (χ3n) is 7.07. The summed E-state index contributed by atoms with van der Waals surface area (Å²) in [5, 5.41) is 15.8. The van der Waals surface area contributed by atoms with E-state index < -0.39 is 12.5 Å². The first-order valence-corrected chi connectivity index (χ1v) is 13.3. The Morgan fingerprint density at radius 1 is 1.17 bits per heavy atom. The summed E-state index contributed by atoms with van der Waals surface area (Å²) in [5.74, 6) is 0.233. The van der Waals surface area contributed by atoms with Crippen LogP contribution in [0.1, 0.15) is 24.2 Å². The van der Waals surface area contributed by atoms with Gasteiger partial charge in [0.2, 0.25) is 0 Å². The van der Waals surface area contributed by atoms with E-state index in [1.54, 1.807) is 44.1 Å². The first kappa shape index (κ1) is 27.3. The van der Waals surface area contributed by atoms with Crippen LogP contribution < -0.4 is 14.8 Å². The Balaban J connectivity index is 1.26. The molecule has 6 rings (SSSR count). The maximum absolute atomic E-state index is 13.4. The molecule has 0 saturated carbocycles. The molecule has 0 radical (unpaired) electrons. The first-order valence-electron chi connectivity index (χ1n) is 13.3. The van der Waals surface area contributed by atoms with Crippen molar-refractivity contribution in [2.45, 2.75) is 27.0 Å². The van der Waals surface area contributed by atoms with Gasteiger partial charge in [-0.1, -0.05) is 13.8 Å². The van der Waals surface area contributed by atoms with Crippen LogP contribution in [0.2, 0.25) is 0 Å². The average molecular weight is 578 g/mol. The van der Waals surface area contributed by atoms with Crippen molar-refractivity contribution in [1.29, 1.82) is 0 Å². The van der Waals surface area contributed by atoms with Gasteiger partial charge < -0.3 is 19.7 Å². The van der Waals surface area contributed by atoms with E-state index in [9.17, 15) is 13.6 Å². The zero-order valence-corrected chi connectivity index (χ0v) is 23.2. The Morgan fingerprint density at radius 2 is 2.00 bits per heavy atom. The molecule has 1 aromatic carbocycles. The van der Waals surface area contributed by atoms with E-state index in [2.05, 4.69) is 44.3 Å². The highest BCUT2D eigenvalue weighted by Gasteiger charge is 2.38. The summed E-state index contributed by atoms with van der Waals surface area (Å²) in [4.78, 5) is 19.8. The summed E-state index contributed by atoms with van der Waals surface area (Å²) >= 11 is 0. The summed E-state index contributed by atoms with van der Waals surface area (Å²) in [6, 6.07) is 6.14. The van der Waals surface area contributed by atoms with E-state index in [1.807, 2.05) is 4.68 Å². The van der Waals surface area contributed by atoms with Crippen molar-refractivity contribution in [2.75, 3.05) is 25.0 Å². The highest BCUT2D eigenvalue weighted by Crippen LogP contribution is 2.39. The van der Waals surface area contributed by atoms with Gasteiger partial charge >= 0.3 is 6.61 Å². The molecule has 5 heterocycles. The van der Waals surface area contributed by atoms with Crippen LogP contribution in [0.15, 0.2) is 61.4 Å². The third-order valence-corrected chi connectivity index (χ3v) is 7.07. The fraction of sp³-hybridized carbons (Fsp3) is 0.321. The maximum atomic E-state index is 13.4. The molecule has 12 nitrogen and oxygen atoms in total. The van der Waals surface area contributed by atoms with E-state index in [0.29, 0.717) is 17.1 Å². The lowest BCUT2D eigenvalue weighted by molar-refractivity contribution is -0.0494. The molecule has 1 fully saturated rings. The third kappa shape index (κ3) is 5.52. The number of likely N-dealkylation sites (tertiary alicyclic amines) is 1. The zero-order chi connectivity index (χ0) is 29.4. The van der Waals surface area contributed by atoms with Crippen molar-refractivity contribution in [1.82, 2.24) is 39.1 Å². The standard InChI is InChI=1S/C28H29F2N9O3/c1-4-37-15-28(2,16-37)17-38-13-19(11-32-38)41-18-6-7-23(42-27(29)30)20(10-18)24-22(14-36(3)35-24)34-26(40)21-12-33-39-9-5-8-31-25(21)39/h5-14,27H,4,15-17H2,1-3H3,(H,34,40). The summed E-state index contributed by atoms with van der Waals surface area (Å²) in [5.41, 5.74) is 1.44. The SMILES string of the molecule is CCN1CC(C)(Cn2cc(Oc3ccc(OC(F)F)c(-c4nn(C)cc4NC(=O)c4cnn5cccnc45)c3)cn2)C1. The number of fused-ring (bicyclic) bond motifs is 1. The van der Waals surface area contributed by atoms with Gasteiger partial charge in [0.25, 0.3) is 5.91 Å². The van der Waals surface area contributed by atoms with Crippen molar-refractivity contribution in [3.05, 3.63) is 67.0 Å². The number of alkyl halides is 2. The van der Waals surface area contributed by atoms with Gasteiger partial charge in [-0.3, -0.25) is 14.2 Å². The summed E-state index contributed by atoms with van der Waals surface area (Å²) in [7, 11) is 1.65. The predicted octanol–water partition coefficient (Wildman–Crippen LogP) is 4.31. The number of amides is 1. The molecule has 1 N–H and O–H groups in total. The molecule has 0 atom stereocenters. The summed E-state index contributed by atoms with van der Waals surface area (Å²) in [6.45, 7) is 5.08. The lowest BCUT2D eigenvalue weighted by Gasteiger charge is -2.47. The van der Waals surface area contributed by atoms with Crippen molar-refractivity contribution in [3.8, 4) is 28.5 Å². The van der Waals surface area contributed by atoms with Gasteiger partial charge in [0.05, 0.1) is 29.8 Å². The van der Waals surface area contributed by atoms with Gasteiger partial charge in [-0.15, -0.1) is 0 Å². The van der Waals surface area contributed by atoms with Crippen LogP contribution in [0.3, 0.4) is 0 Å². The van der Waals surface area contributed by atoms with Crippen LogP contribution in [0.25, 0.3) is 16.9 Å². The molecule has 0 spiro atoms. The number of nitrogens with one attached hydrogen (secondary N) is 1. The normalized spacial score (nSPS) is 14.7. The van der Waals surface area contributed by atoms with Crippen LogP contribution in [-0.2, 0) is 13.6 Å². The lowest BCUT2D eigenvalue weighted by Crippen LogP contribution is -2.56. The molecule has 14 heteroatoms. The molecule has 4 aromatic heterocycles. The van der Waals surface area contributed by atoms with E-state index in [-0.39, 0.29) is 33.7 Å². The smallest absolute Gasteiger partial charge is 0.387 e. The van der Waals surface area contributed by atoms with Crippen molar-refractivity contribution in [2.24, 2.45) is 12.5 Å². The molecular formula is C28H29F2N9O3. The molecule has 1 amide bonds. The van der Waals surface area contributed by atoms with Gasteiger partial charge in [-0.05, 0) is 30.8 Å². The fourth-order valence-corrected chi connectivity index (χ4v) is 5.28. The van der Waals surface area contributed by atoms with Gasteiger partial charge in [0, 0.05) is 50.7 Å². The van der Waals surface area contributed by atoms with Crippen LogP contribution in [0.5, 0.6) is 17.2 Å². The second-order valence-electron chi connectivity index (χ2n) is 10.6. The number of halogens is 2. The largest absolute Gasteiger partial charge is 0.454 e. The number of aromatic nitrogens is 7. The number of hydrogen-bond acceptors (Lipinski definition) is 8. The average Bonchev–Trinajstić information content (AvgIpc) is 3.66. The highest BCUT2D eigenvalue weighted by atomic mass is 19.3. The number of hydrogen-bond donors (Lipinski definition) is 1. The molecule has 1 saturated heterocycles. The van der Waals surface area contributed by atoms with Crippen LogP contribution in [-0.4, -0.2) is 71.2 Å². The van der Waals surface area contributed by atoms with Crippen LogP contribution >= 0.6 is 0 Å². The first-order chi connectivity index (χ1) is 20.2. The number of carbonyl (C=O) groups excluding carboxylic acids is 1. The van der Waals surface area contributed by atoms with Gasteiger partial charge in [-0.2, -0.15) is 24.1 Å². The van der Waals surface area contributed by atoms with Gasteiger partial charge in [0.1, 0.15) is 22.8 Å². The summed E-state index contributed by atoms with van der Waals surface area (Å²) in [6.07, 6.45) is 9.61. The molecule has 1 aliphatic heterocycles. The number of aryl methyl sites for hydroxylation is 1. The Labute approximate surface area is 239 Å². The Morgan fingerprint density at radius 3 is 2.79 bits per heavy atom. The maximum Gasteiger partial charge on any atom is 0.387 e. The topological polar surface area (TPSA) is 117 Å². The van der Waals surface area contributed by atoms with Crippen molar-refractivity contribution in [3.63, 3.8) is 0 Å². The predicted molar refractivity (Wildman–Crippen MR) is 149 cm³/mol. The molecule has 42 heavy (non-hydrogen) atoms. The molecule has 0 bridgehead atoms. The summed E-state index contributed by atoms with van der Waals surface area (Å²) < 4.78 is 42.3. The van der Waals surface area contributed by atoms with Crippen molar-refractivity contribution < 1.29 is 23.0 Å². The second kappa shape index (κ2) is 10.9.